The van der Waals surface area contributed by atoms with E-state index in [9.17, 15) is 4.79 Å². The number of carbonyl (C=O) groups excluding carboxylic acids is 1. The fraction of sp³-hybridized carbons (Fsp3) is 0.769. The number of nitrogens with one attached hydrogen (secondary N) is 1. The lowest BCUT2D eigenvalue weighted by molar-refractivity contribution is 0.0496. The van der Waals surface area contributed by atoms with Gasteiger partial charge < -0.3 is 14.6 Å². The number of aryl methyl sites for hydroxylation is 1. The lowest BCUT2D eigenvalue weighted by atomic mass is 10.1. The molecule has 1 aliphatic carbocycles. The summed E-state index contributed by atoms with van der Waals surface area (Å²) in [7, 11) is 0. The molecule has 1 fully saturated rings. The van der Waals surface area contributed by atoms with Crippen molar-refractivity contribution >= 4 is 6.09 Å². The summed E-state index contributed by atoms with van der Waals surface area (Å²) < 4.78 is 10.2. The first-order chi connectivity index (χ1) is 8.83. The van der Waals surface area contributed by atoms with Crippen LogP contribution in [0.2, 0.25) is 0 Å². The molecular formula is C13H21N3O3. The van der Waals surface area contributed by atoms with Crippen LogP contribution in [0.4, 0.5) is 4.79 Å². The van der Waals surface area contributed by atoms with Gasteiger partial charge in [-0.25, -0.2) is 4.79 Å². The largest absolute Gasteiger partial charge is 0.444 e. The lowest BCUT2D eigenvalue weighted by Crippen LogP contribution is -2.35. The highest BCUT2D eigenvalue weighted by molar-refractivity contribution is 5.68. The minimum atomic E-state index is -0.513. The maximum Gasteiger partial charge on any atom is 0.408 e. The first-order valence-corrected chi connectivity index (χ1v) is 6.63. The van der Waals surface area contributed by atoms with E-state index in [1.807, 2.05) is 20.8 Å². The second-order valence-corrected chi connectivity index (χ2v) is 6.05. The summed E-state index contributed by atoms with van der Waals surface area (Å²) in [5.41, 5.74) is -0.513. The van der Waals surface area contributed by atoms with Gasteiger partial charge in [-0.2, -0.15) is 4.98 Å². The molecular weight excluding hydrogens is 246 g/mol. The molecule has 0 saturated heterocycles. The average Bonchev–Trinajstić information content (AvgIpc) is 2.95. The number of nitrogens with zero attached hydrogens (tertiary/aromatic N) is 2. The molecule has 1 N–H and O–H groups in total. The number of rotatable bonds is 4. The number of aromatic nitrogens is 2. The van der Waals surface area contributed by atoms with Gasteiger partial charge in [-0.05, 0) is 33.1 Å². The molecule has 0 radical (unpaired) electrons. The molecule has 0 bridgehead atoms. The number of hydrogen-bond acceptors (Lipinski definition) is 5. The van der Waals surface area contributed by atoms with Gasteiger partial charge in [0, 0.05) is 6.92 Å². The van der Waals surface area contributed by atoms with Crippen molar-refractivity contribution in [2.45, 2.75) is 58.6 Å². The van der Waals surface area contributed by atoms with Crippen molar-refractivity contribution in [2.75, 3.05) is 0 Å². The van der Waals surface area contributed by atoms with Crippen molar-refractivity contribution in [1.82, 2.24) is 15.5 Å². The maximum atomic E-state index is 11.8. The molecule has 0 spiro atoms. The SMILES string of the molecule is Cc1nc([C@H](CC2CC2)NC(=O)OC(C)(C)C)no1. The van der Waals surface area contributed by atoms with Crippen LogP contribution in [0, 0.1) is 12.8 Å². The van der Waals surface area contributed by atoms with Crippen molar-refractivity contribution in [3.05, 3.63) is 11.7 Å². The number of amides is 1. The van der Waals surface area contributed by atoms with Crippen molar-refractivity contribution in [3.63, 3.8) is 0 Å². The number of hydrogen-bond donors (Lipinski definition) is 1. The molecule has 106 valence electrons. The third kappa shape index (κ3) is 4.54. The van der Waals surface area contributed by atoms with Gasteiger partial charge in [-0.3, -0.25) is 0 Å². The smallest absolute Gasteiger partial charge is 0.408 e. The summed E-state index contributed by atoms with van der Waals surface area (Å²) >= 11 is 0. The number of alkyl carbamates (subject to hydrolysis) is 1. The Balaban J connectivity index is 1.99. The van der Waals surface area contributed by atoms with E-state index in [1.165, 1.54) is 12.8 Å². The van der Waals surface area contributed by atoms with Gasteiger partial charge in [0.2, 0.25) is 5.89 Å². The summed E-state index contributed by atoms with van der Waals surface area (Å²) in [6.45, 7) is 7.24. The van der Waals surface area contributed by atoms with Crippen LogP contribution in [0.15, 0.2) is 4.52 Å². The molecule has 19 heavy (non-hydrogen) atoms. The second-order valence-electron chi connectivity index (χ2n) is 6.05. The first kappa shape index (κ1) is 13.8. The molecule has 0 aliphatic heterocycles. The van der Waals surface area contributed by atoms with Crippen LogP contribution in [-0.2, 0) is 4.74 Å². The van der Waals surface area contributed by atoms with Gasteiger partial charge in [-0.1, -0.05) is 18.0 Å². The summed E-state index contributed by atoms with van der Waals surface area (Å²) in [4.78, 5) is 16.0. The third-order valence-electron chi connectivity index (χ3n) is 2.81. The fourth-order valence-corrected chi connectivity index (χ4v) is 1.82. The normalized spacial score (nSPS) is 17.1. The Morgan fingerprint density at radius 1 is 1.53 bits per heavy atom. The molecule has 0 unspecified atom stereocenters. The van der Waals surface area contributed by atoms with E-state index < -0.39 is 11.7 Å². The predicted octanol–water partition coefficient (Wildman–Crippen LogP) is 2.74. The Morgan fingerprint density at radius 2 is 2.21 bits per heavy atom. The van der Waals surface area contributed by atoms with E-state index in [2.05, 4.69) is 15.5 Å². The highest BCUT2D eigenvalue weighted by Gasteiger charge is 2.30. The van der Waals surface area contributed by atoms with Crippen molar-refractivity contribution in [1.29, 1.82) is 0 Å². The van der Waals surface area contributed by atoms with Gasteiger partial charge in [0.05, 0.1) is 6.04 Å². The van der Waals surface area contributed by atoms with Gasteiger partial charge in [0.1, 0.15) is 5.60 Å². The van der Waals surface area contributed by atoms with Crippen LogP contribution < -0.4 is 5.32 Å². The predicted molar refractivity (Wildman–Crippen MR) is 68.5 cm³/mol. The van der Waals surface area contributed by atoms with Crippen molar-refractivity contribution < 1.29 is 14.1 Å². The minimum absolute atomic E-state index is 0.236. The van der Waals surface area contributed by atoms with E-state index >= 15 is 0 Å². The molecule has 1 aromatic rings. The zero-order valence-corrected chi connectivity index (χ0v) is 11.9. The average molecular weight is 267 g/mol. The van der Waals surface area contributed by atoms with E-state index in [-0.39, 0.29) is 6.04 Å². The van der Waals surface area contributed by atoms with E-state index in [1.54, 1.807) is 6.92 Å². The van der Waals surface area contributed by atoms with Crippen LogP contribution in [0.1, 0.15) is 57.8 Å². The zero-order valence-electron chi connectivity index (χ0n) is 11.9. The molecule has 1 amide bonds. The summed E-state index contributed by atoms with van der Waals surface area (Å²) in [5.74, 6) is 1.66. The highest BCUT2D eigenvalue weighted by Crippen LogP contribution is 2.37. The van der Waals surface area contributed by atoms with Crippen LogP contribution in [-0.4, -0.2) is 21.8 Å². The molecule has 1 heterocycles. The third-order valence-corrected chi connectivity index (χ3v) is 2.81. The molecule has 0 aromatic carbocycles. The van der Waals surface area contributed by atoms with Gasteiger partial charge in [0.15, 0.2) is 5.82 Å². The van der Waals surface area contributed by atoms with Gasteiger partial charge in [0.25, 0.3) is 0 Å². The van der Waals surface area contributed by atoms with Gasteiger partial charge in [-0.15, -0.1) is 0 Å². The molecule has 1 aromatic heterocycles. The topological polar surface area (TPSA) is 77.2 Å². The van der Waals surface area contributed by atoms with Crippen LogP contribution in [0.5, 0.6) is 0 Å². The molecule has 6 heteroatoms. The molecule has 1 atom stereocenters. The van der Waals surface area contributed by atoms with Crippen LogP contribution >= 0.6 is 0 Å². The van der Waals surface area contributed by atoms with Gasteiger partial charge >= 0.3 is 6.09 Å². The maximum absolute atomic E-state index is 11.8. The van der Waals surface area contributed by atoms with Crippen molar-refractivity contribution in [3.8, 4) is 0 Å². The van der Waals surface area contributed by atoms with Crippen LogP contribution in [0.25, 0.3) is 0 Å². The van der Waals surface area contributed by atoms with Crippen molar-refractivity contribution in [2.24, 2.45) is 5.92 Å². The Morgan fingerprint density at radius 3 is 2.68 bits per heavy atom. The molecule has 1 saturated carbocycles. The number of carbonyl (C=O) groups is 1. The monoisotopic (exact) mass is 267 g/mol. The van der Waals surface area contributed by atoms with Crippen LogP contribution in [0.3, 0.4) is 0 Å². The Labute approximate surface area is 112 Å². The van der Waals surface area contributed by atoms with E-state index in [4.69, 9.17) is 9.26 Å². The summed E-state index contributed by atoms with van der Waals surface area (Å²) in [6, 6.07) is -0.236. The first-order valence-electron chi connectivity index (χ1n) is 6.63. The number of ether oxygens (including phenoxy) is 1. The lowest BCUT2D eigenvalue weighted by Gasteiger charge is -2.22. The quantitative estimate of drug-likeness (QED) is 0.907. The minimum Gasteiger partial charge on any atom is -0.444 e. The zero-order chi connectivity index (χ0) is 14.0. The standard InChI is InChI=1S/C13H21N3O3/c1-8-14-11(16-19-8)10(7-9-5-6-9)15-12(17)18-13(2,3)4/h9-10H,5-7H2,1-4H3,(H,15,17)/t10-/m0/s1. The summed E-state index contributed by atoms with van der Waals surface area (Å²) in [5, 5.41) is 6.72. The second kappa shape index (κ2) is 5.19. The molecule has 6 nitrogen and oxygen atoms in total. The Kier molecular flexibility index (Phi) is 3.78. The van der Waals surface area contributed by atoms with E-state index in [0.717, 1.165) is 6.42 Å². The molecule has 2 rings (SSSR count). The molecule has 1 aliphatic rings. The van der Waals surface area contributed by atoms with E-state index in [0.29, 0.717) is 17.6 Å². The Bertz CT molecular complexity index is 446. The Hall–Kier alpha value is -1.59. The summed E-state index contributed by atoms with van der Waals surface area (Å²) in [6.07, 6.45) is 2.78. The fourth-order valence-electron chi connectivity index (χ4n) is 1.82. The highest BCUT2D eigenvalue weighted by atomic mass is 16.6.